The number of aromatic carboxylic acids is 1. The van der Waals surface area contributed by atoms with Crippen LogP contribution in [0, 0.1) is 24.1 Å². The maximum absolute atomic E-state index is 13.5. The van der Waals surface area contributed by atoms with E-state index in [1.54, 1.807) is 13.0 Å². The Bertz CT molecular complexity index is 766. The van der Waals surface area contributed by atoms with Crippen molar-refractivity contribution >= 4 is 11.7 Å². The normalized spacial score (nSPS) is 9.95. The van der Waals surface area contributed by atoms with E-state index in [1.807, 2.05) is 0 Å². The second-order valence-electron chi connectivity index (χ2n) is 4.33. The molecule has 0 fully saturated rings. The Morgan fingerprint density at radius 3 is 2.76 bits per heavy atom. The third-order valence-electron chi connectivity index (χ3n) is 2.91. The van der Waals surface area contributed by atoms with E-state index in [-0.39, 0.29) is 28.3 Å². The van der Waals surface area contributed by atoms with Crippen LogP contribution in [0.5, 0.6) is 11.5 Å². The number of halogens is 1. The molecule has 0 amide bonds. The largest absolute Gasteiger partial charge is 0.478 e. The van der Waals surface area contributed by atoms with E-state index in [0.29, 0.717) is 5.56 Å². The molecule has 0 aliphatic heterocycles. The van der Waals surface area contributed by atoms with Crippen molar-refractivity contribution in [3.8, 4) is 17.6 Å². The quantitative estimate of drug-likeness (QED) is 0.845. The number of nitriles is 1. The van der Waals surface area contributed by atoms with Crippen LogP contribution >= 0.6 is 0 Å². The molecule has 0 radical (unpaired) electrons. The van der Waals surface area contributed by atoms with Crippen LogP contribution in [0.1, 0.15) is 21.5 Å². The first-order valence-electron chi connectivity index (χ1n) is 5.94. The molecule has 0 bridgehead atoms. The summed E-state index contributed by atoms with van der Waals surface area (Å²) in [6.45, 7) is 1.63. The topological polar surface area (TPSA) is 96.3 Å². The lowest BCUT2D eigenvalue weighted by Crippen LogP contribution is -2.05. The highest BCUT2D eigenvalue weighted by Gasteiger charge is 2.15. The maximum atomic E-state index is 13.5. The van der Waals surface area contributed by atoms with Crippen LogP contribution in [0.4, 0.5) is 10.1 Å². The van der Waals surface area contributed by atoms with Gasteiger partial charge in [0.25, 0.3) is 0 Å². The fourth-order valence-corrected chi connectivity index (χ4v) is 1.83. The molecule has 3 N–H and O–H groups in total. The first-order valence-corrected chi connectivity index (χ1v) is 5.94. The van der Waals surface area contributed by atoms with Crippen molar-refractivity contribution in [2.75, 3.05) is 5.73 Å². The Hall–Kier alpha value is -3.07. The van der Waals surface area contributed by atoms with Crippen LogP contribution in [0.15, 0.2) is 30.3 Å². The molecule has 0 aliphatic carbocycles. The smallest absolute Gasteiger partial charge is 0.337 e. The summed E-state index contributed by atoms with van der Waals surface area (Å²) in [4.78, 5) is 11.1. The Morgan fingerprint density at radius 1 is 1.43 bits per heavy atom. The summed E-state index contributed by atoms with van der Waals surface area (Å²) in [5.74, 6) is -1.72. The maximum Gasteiger partial charge on any atom is 0.337 e. The van der Waals surface area contributed by atoms with E-state index in [4.69, 9.17) is 20.8 Å². The molecule has 0 aliphatic rings. The van der Waals surface area contributed by atoms with Gasteiger partial charge in [0.05, 0.1) is 5.56 Å². The number of carboxylic acids is 1. The number of rotatable bonds is 3. The molecule has 2 aromatic rings. The number of nitrogen functional groups attached to an aromatic ring is 1. The highest BCUT2D eigenvalue weighted by molar-refractivity contribution is 5.95. The fraction of sp³-hybridized carbons (Fsp3) is 0.0667. The third kappa shape index (κ3) is 2.77. The van der Waals surface area contributed by atoms with Gasteiger partial charge in [-0.05, 0) is 36.8 Å². The molecule has 0 saturated heterocycles. The highest BCUT2D eigenvalue weighted by atomic mass is 19.1. The van der Waals surface area contributed by atoms with Crippen LogP contribution in [0.25, 0.3) is 0 Å². The summed E-state index contributed by atoms with van der Waals surface area (Å²) in [5.41, 5.74) is 5.97. The first kappa shape index (κ1) is 14.3. The summed E-state index contributed by atoms with van der Waals surface area (Å²) < 4.78 is 18.9. The van der Waals surface area contributed by atoms with E-state index >= 15 is 0 Å². The molecular weight excluding hydrogens is 275 g/mol. The van der Waals surface area contributed by atoms with Gasteiger partial charge in [-0.3, -0.25) is 0 Å². The highest BCUT2D eigenvalue weighted by Crippen LogP contribution is 2.30. The Kier molecular flexibility index (Phi) is 3.76. The van der Waals surface area contributed by atoms with Crippen molar-refractivity contribution in [2.24, 2.45) is 0 Å². The van der Waals surface area contributed by atoms with Gasteiger partial charge in [-0.1, -0.05) is 6.07 Å². The number of anilines is 1. The van der Waals surface area contributed by atoms with Crippen molar-refractivity contribution in [2.45, 2.75) is 6.92 Å². The van der Waals surface area contributed by atoms with Crippen LogP contribution in [-0.4, -0.2) is 11.1 Å². The number of hydrogen-bond acceptors (Lipinski definition) is 4. The van der Waals surface area contributed by atoms with E-state index in [1.165, 1.54) is 24.3 Å². The van der Waals surface area contributed by atoms with Crippen molar-refractivity contribution in [3.05, 3.63) is 52.8 Å². The van der Waals surface area contributed by atoms with E-state index in [2.05, 4.69) is 0 Å². The number of hydrogen-bond donors (Lipinski definition) is 2. The first-order chi connectivity index (χ1) is 9.93. The summed E-state index contributed by atoms with van der Waals surface area (Å²) in [7, 11) is 0. The molecule has 5 nitrogen and oxygen atoms in total. The number of ether oxygens (including phenoxy) is 1. The fourth-order valence-electron chi connectivity index (χ4n) is 1.83. The van der Waals surface area contributed by atoms with Crippen molar-refractivity contribution in [3.63, 3.8) is 0 Å². The SMILES string of the molecule is Cc1cc(Oc2cccc(F)c2C#N)cc(C(=O)O)c1N. The van der Waals surface area contributed by atoms with Crippen LogP contribution in [0.2, 0.25) is 0 Å². The predicted octanol–water partition coefficient (Wildman–Crippen LogP) is 3.08. The minimum Gasteiger partial charge on any atom is -0.478 e. The lowest BCUT2D eigenvalue weighted by molar-refractivity contribution is 0.0697. The molecule has 21 heavy (non-hydrogen) atoms. The number of carbonyl (C=O) groups is 1. The van der Waals surface area contributed by atoms with Crippen molar-refractivity contribution < 1.29 is 19.0 Å². The van der Waals surface area contributed by atoms with Gasteiger partial charge in [0.2, 0.25) is 0 Å². The number of nitrogens with two attached hydrogens (primary N) is 1. The van der Waals surface area contributed by atoms with Gasteiger partial charge in [0.15, 0.2) is 0 Å². The van der Waals surface area contributed by atoms with Gasteiger partial charge < -0.3 is 15.6 Å². The van der Waals surface area contributed by atoms with E-state index in [9.17, 15) is 9.18 Å². The molecule has 0 heterocycles. The molecule has 2 aromatic carbocycles. The number of aryl methyl sites for hydroxylation is 1. The van der Waals surface area contributed by atoms with Crippen LogP contribution in [0.3, 0.4) is 0 Å². The molecule has 6 heteroatoms. The zero-order chi connectivity index (χ0) is 15.6. The lowest BCUT2D eigenvalue weighted by Gasteiger charge is -2.11. The minimum absolute atomic E-state index is 0.0120. The number of carboxylic acid groups (broad SMARTS) is 1. The van der Waals surface area contributed by atoms with E-state index < -0.39 is 11.8 Å². The average Bonchev–Trinajstić information content (AvgIpc) is 2.42. The van der Waals surface area contributed by atoms with Gasteiger partial charge in [0, 0.05) is 5.69 Å². The predicted molar refractivity (Wildman–Crippen MR) is 73.7 cm³/mol. The summed E-state index contributed by atoms with van der Waals surface area (Å²) >= 11 is 0. The van der Waals surface area contributed by atoms with Gasteiger partial charge in [-0.2, -0.15) is 5.26 Å². The van der Waals surface area contributed by atoms with Gasteiger partial charge in [-0.25, -0.2) is 9.18 Å². The van der Waals surface area contributed by atoms with Crippen LogP contribution < -0.4 is 10.5 Å². The zero-order valence-corrected chi connectivity index (χ0v) is 11.1. The van der Waals surface area contributed by atoms with Crippen molar-refractivity contribution in [1.82, 2.24) is 0 Å². The second-order valence-corrected chi connectivity index (χ2v) is 4.33. The lowest BCUT2D eigenvalue weighted by atomic mass is 10.1. The monoisotopic (exact) mass is 286 g/mol. The Morgan fingerprint density at radius 2 is 2.14 bits per heavy atom. The molecule has 0 spiro atoms. The number of nitrogens with zero attached hydrogens (tertiary/aromatic N) is 1. The minimum atomic E-state index is -1.19. The molecule has 0 saturated carbocycles. The third-order valence-corrected chi connectivity index (χ3v) is 2.91. The Balaban J connectivity index is 2.49. The summed E-state index contributed by atoms with van der Waals surface area (Å²) in [6.07, 6.45) is 0. The van der Waals surface area contributed by atoms with Crippen molar-refractivity contribution in [1.29, 1.82) is 5.26 Å². The van der Waals surface area contributed by atoms with Gasteiger partial charge >= 0.3 is 5.97 Å². The Labute approximate surface area is 120 Å². The molecular formula is C15H11FN2O3. The summed E-state index contributed by atoms with van der Waals surface area (Å²) in [6, 6.07) is 8.42. The molecule has 0 unspecified atom stereocenters. The molecule has 0 atom stereocenters. The standard InChI is InChI=1S/C15H11FN2O3/c1-8-5-9(6-10(14(8)18)15(19)20)21-13-4-2-3-12(16)11(13)7-17/h2-6H,18H2,1H3,(H,19,20). The summed E-state index contributed by atoms with van der Waals surface area (Å²) in [5, 5.41) is 18.0. The van der Waals surface area contributed by atoms with Gasteiger partial charge in [0.1, 0.15) is 28.9 Å². The van der Waals surface area contributed by atoms with Gasteiger partial charge in [-0.15, -0.1) is 0 Å². The van der Waals surface area contributed by atoms with E-state index in [0.717, 1.165) is 6.07 Å². The zero-order valence-electron chi connectivity index (χ0n) is 11.1. The number of benzene rings is 2. The molecule has 2 rings (SSSR count). The molecule has 106 valence electrons. The average molecular weight is 286 g/mol. The second kappa shape index (κ2) is 5.51. The molecule has 0 aromatic heterocycles. The van der Waals surface area contributed by atoms with Crippen LogP contribution in [-0.2, 0) is 0 Å².